The molecule has 2 heterocycles. The van der Waals surface area contributed by atoms with Gasteiger partial charge in [-0.15, -0.1) is 11.3 Å². The lowest BCUT2D eigenvalue weighted by Gasteiger charge is -2.44. The summed E-state index contributed by atoms with van der Waals surface area (Å²) < 4.78 is 5.15. The van der Waals surface area contributed by atoms with Gasteiger partial charge in [-0.3, -0.25) is 0 Å². The van der Waals surface area contributed by atoms with Gasteiger partial charge < -0.3 is 9.47 Å². The van der Waals surface area contributed by atoms with Crippen LogP contribution in [0.4, 0.5) is 5.69 Å². The van der Waals surface area contributed by atoms with Crippen molar-refractivity contribution in [2.75, 3.05) is 4.90 Å². The number of anilines is 1. The van der Waals surface area contributed by atoms with E-state index in [0.29, 0.717) is 0 Å². The van der Waals surface area contributed by atoms with Gasteiger partial charge in [0.1, 0.15) is 0 Å². The van der Waals surface area contributed by atoms with Crippen molar-refractivity contribution in [2.24, 2.45) is 0 Å². The van der Waals surface area contributed by atoms with E-state index in [1.165, 1.54) is 75.4 Å². The molecule has 8 aromatic rings. The molecule has 2 aliphatic rings. The van der Waals surface area contributed by atoms with Crippen molar-refractivity contribution in [3.05, 3.63) is 181 Å². The third-order valence-corrected chi connectivity index (χ3v) is 12.5. The molecular formula is C48H38N2S. The second kappa shape index (κ2) is 11.4. The molecule has 0 saturated carbocycles. The largest absolute Gasteiger partial charge is 0.332 e. The Hall–Kier alpha value is -5.64. The standard InChI is InChI=1S/C48H38N2S/c1-47(35-19-18-33-12-4-5-13-34(33)32-35)30-26-38(27-31-47)50(48(2)28-10-3-11-29-48)37-22-20-36(21-23-37)49-42-16-8-6-15-41(42)45-43(49)25-24-40-39-14-7-9-17-44(39)51-46(40)45/h3-28,30,32H,29,31H2,1-2H3. The zero-order valence-corrected chi connectivity index (χ0v) is 29.7. The van der Waals surface area contributed by atoms with Gasteiger partial charge in [0.2, 0.25) is 0 Å². The van der Waals surface area contributed by atoms with Crippen LogP contribution >= 0.6 is 11.3 Å². The first-order valence-corrected chi connectivity index (χ1v) is 18.8. The Labute approximate surface area is 302 Å². The van der Waals surface area contributed by atoms with Crippen molar-refractivity contribution in [2.45, 2.75) is 37.6 Å². The fourth-order valence-corrected chi connectivity index (χ4v) is 9.79. The Morgan fingerprint density at radius 3 is 2.24 bits per heavy atom. The third kappa shape index (κ3) is 4.76. The Kier molecular flexibility index (Phi) is 6.78. The van der Waals surface area contributed by atoms with Crippen molar-refractivity contribution >= 4 is 69.8 Å². The smallest absolute Gasteiger partial charge is 0.0642 e. The molecule has 2 atom stereocenters. The molecule has 6 aromatic carbocycles. The van der Waals surface area contributed by atoms with Gasteiger partial charge in [0.25, 0.3) is 0 Å². The summed E-state index contributed by atoms with van der Waals surface area (Å²) in [5.41, 5.74) is 7.19. The van der Waals surface area contributed by atoms with Crippen molar-refractivity contribution < 1.29 is 0 Å². The molecule has 3 heteroatoms. The highest BCUT2D eigenvalue weighted by Crippen LogP contribution is 2.44. The highest BCUT2D eigenvalue weighted by Gasteiger charge is 2.34. The molecule has 2 aromatic heterocycles. The van der Waals surface area contributed by atoms with Gasteiger partial charge in [0.15, 0.2) is 0 Å². The number of para-hydroxylation sites is 1. The Morgan fingerprint density at radius 2 is 1.43 bits per heavy atom. The first kappa shape index (κ1) is 30.2. The minimum atomic E-state index is -0.192. The van der Waals surface area contributed by atoms with E-state index >= 15 is 0 Å². The number of benzene rings is 6. The SMILES string of the molecule is CC1(c2ccc3ccccc3c2)C=CC(N(c2ccc(-n3c4ccccc4c4c5sc6ccccc6c5ccc43)cc2)C2(C)C=CC=CC2)=CC1. The number of aromatic nitrogens is 1. The van der Waals surface area contributed by atoms with Crippen LogP contribution in [-0.4, -0.2) is 10.1 Å². The molecule has 0 saturated heterocycles. The monoisotopic (exact) mass is 674 g/mol. The summed E-state index contributed by atoms with van der Waals surface area (Å²) in [6, 6.07) is 47.1. The average molecular weight is 675 g/mol. The number of allylic oxidation sites excluding steroid dienone is 5. The van der Waals surface area contributed by atoms with Crippen LogP contribution in [0.2, 0.25) is 0 Å². The number of hydrogen-bond donors (Lipinski definition) is 0. The number of hydrogen-bond acceptors (Lipinski definition) is 2. The molecule has 0 aliphatic heterocycles. The third-order valence-electron chi connectivity index (χ3n) is 11.3. The van der Waals surface area contributed by atoms with E-state index in [-0.39, 0.29) is 11.0 Å². The fraction of sp³-hybridized carbons (Fsp3) is 0.125. The lowest BCUT2D eigenvalue weighted by atomic mass is 9.76. The minimum absolute atomic E-state index is 0.0668. The molecule has 2 nitrogen and oxygen atoms in total. The van der Waals surface area contributed by atoms with Gasteiger partial charge in [-0.25, -0.2) is 0 Å². The molecule has 246 valence electrons. The number of fused-ring (bicyclic) bond motifs is 8. The van der Waals surface area contributed by atoms with Crippen LogP contribution in [0.3, 0.4) is 0 Å². The van der Waals surface area contributed by atoms with E-state index in [1.807, 2.05) is 11.3 Å². The van der Waals surface area contributed by atoms with E-state index in [9.17, 15) is 0 Å². The van der Waals surface area contributed by atoms with Crippen LogP contribution in [0, 0.1) is 0 Å². The normalized spacial score (nSPS) is 20.2. The Morgan fingerprint density at radius 1 is 0.647 bits per heavy atom. The molecule has 2 aliphatic carbocycles. The first-order chi connectivity index (χ1) is 25.0. The summed E-state index contributed by atoms with van der Waals surface area (Å²) >= 11 is 1.91. The molecular weight excluding hydrogens is 637 g/mol. The van der Waals surface area contributed by atoms with Gasteiger partial charge in [0.05, 0.1) is 16.6 Å². The van der Waals surface area contributed by atoms with Gasteiger partial charge >= 0.3 is 0 Å². The topological polar surface area (TPSA) is 8.17 Å². The summed E-state index contributed by atoms with van der Waals surface area (Å²) in [5.74, 6) is 0. The zero-order chi connectivity index (χ0) is 34.2. The summed E-state index contributed by atoms with van der Waals surface area (Å²) in [6.07, 6.45) is 18.1. The molecule has 0 bridgehead atoms. The minimum Gasteiger partial charge on any atom is -0.332 e. The van der Waals surface area contributed by atoms with Gasteiger partial charge in [0, 0.05) is 53.4 Å². The van der Waals surface area contributed by atoms with Crippen LogP contribution < -0.4 is 4.90 Å². The predicted octanol–water partition coefficient (Wildman–Crippen LogP) is 13.2. The van der Waals surface area contributed by atoms with Crippen molar-refractivity contribution in [1.29, 1.82) is 0 Å². The summed E-state index contributed by atoms with van der Waals surface area (Å²) in [4.78, 5) is 2.54. The summed E-state index contributed by atoms with van der Waals surface area (Å²) in [5, 5.41) is 7.90. The quantitative estimate of drug-likeness (QED) is 0.176. The van der Waals surface area contributed by atoms with Crippen LogP contribution in [-0.2, 0) is 5.41 Å². The van der Waals surface area contributed by atoms with Gasteiger partial charge in [-0.05, 0) is 84.6 Å². The zero-order valence-electron chi connectivity index (χ0n) is 28.9. The second-order valence-electron chi connectivity index (χ2n) is 14.6. The van der Waals surface area contributed by atoms with Crippen LogP contribution in [0.1, 0.15) is 32.3 Å². The van der Waals surface area contributed by atoms with E-state index in [0.717, 1.165) is 12.8 Å². The van der Waals surface area contributed by atoms with Gasteiger partial charge in [-0.1, -0.05) is 128 Å². The molecule has 0 N–H and O–H groups in total. The highest BCUT2D eigenvalue weighted by molar-refractivity contribution is 7.26. The molecule has 0 spiro atoms. The van der Waals surface area contributed by atoms with E-state index in [4.69, 9.17) is 0 Å². The molecule has 2 unspecified atom stereocenters. The lowest BCUT2D eigenvalue weighted by molar-refractivity contribution is 0.542. The lowest BCUT2D eigenvalue weighted by Crippen LogP contribution is -2.45. The Balaban J connectivity index is 1.06. The van der Waals surface area contributed by atoms with E-state index in [2.05, 4.69) is 193 Å². The second-order valence-corrected chi connectivity index (χ2v) is 15.7. The van der Waals surface area contributed by atoms with E-state index < -0.39 is 0 Å². The Bertz CT molecular complexity index is 2790. The highest BCUT2D eigenvalue weighted by atomic mass is 32.1. The predicted molar refractivity (Wildman–Crippen MR) is 221 cm³/mol. The van der Waals surface area contributed by atoms with Crippen LogP contribution in [0.5, 0.6) is 0 Å². The molecule has 51 heavy (non-hydrogen) atoms. The van der Waals surface area contributed by atoms with Crippen LogP contribution in [0.25, 0.3) is 58.4 Å². The van der Waals surface area contributed by atoms with E-state index in [1.54, 1.807) is 0 Å². The maximum atomic E-state index is 2.54. The maximum absolute atomic E-state index is 2.54. The fourth-order valence-electron chi connectivity index (χ4n) is 8.53. The summed E-state index contributed by atoms with van der Waals surface area (Å²) in [6.45, 7) is 4.72. The summed E-state index contributed by atoms with van der Waals surface area (Å²) in [7, 11) is 0. The first-order valence-electron chi connectivity index (χ1n) is 18.0. The number of thiophene rings is 1. The molecule has 10 rings (SSSR count). The van der Waals surface area contributed by atoms with Crippen LogP contribution in [0.15, 0.2) is 176 Å². The van der Waals surface area contributed by atoms with Crippen molar-refractivity contribution in [1.82, 2.24) is 4.57 Å². The van der Waals surface area contributed by atoms with Crippen molar-refractivity contribution in [3.8, 4) is 5.69 Å². The average Bonchev–Trinajstić information content (AvgIpc) is 3.72. The molecule has 0 radical (unpaired) electrons. The molecule has 0 fully saturated rings. The molecule has 0 amide bonds. The number of rotatable bonds is 5. The van der Waals surface area contributed by atoms with Gasteiger partial charge in [-0.2, -0.15) is 0 Å². The maximum Gasteiger partial charge on any atom is 0.0642 e. The van der Waals surface area contributed by atoms with Crippen molar-refractivity contribution in [3.63, 3.8) is 0 Å². The number of nitrogens with zero attached hydrogens (tertiary/aromatic N) is 2.